The molecular weight excluding hydrogens is 158 g/mol. The summed E-state index contributed by atoms with van der Waals surface area (Å²) in [5.74, 6) is 0.0369. The van der Waals surface area contributed by atoms with Gasteiger partial charge in [0.25, 0.3) is 0 Å². The molecule has 0 amide bonds. The molecular formula is C7H15N3O2. The van der Waals surface area contributed by atoms with E-state index in [0.29, 0.717) is 6.61 Å². The maximum Gasteiger partial charge on any atom is 0.213 e. The predicted octanol–water partition coefficient (Wildman–Crippen LogP) is -0.153. The van der Waals surface area contributed by atoms with Crippen LogP contribution in [0, 0.1) is 0 Å². The van der Waals surface area contributed by atoms with Crippen molar-refractivity contribution in [1.29, 1.82) is 0 Å². The third-order valence-corrected chi connectivity index (χ3v) is 2.34. The summed E-state index contributed by atoms with van der Waals surface area (Å²) >= 11 is 0. The fourth-order valence-corrected chi connectivity index (χ4v) is 1.27. The Morgan fingerprint density at radius 3 is 2.92 bits per heavy atom. The van der Waals surface area contributed by atoms with Crippen molar-refractivity contribution in [3.05, 3.63) is 0 Å². The van der Waals surface area contributed by atoms with Crippen LogP contribution in [0.1, 0.15) is 20.3 Å². The van der Waals surface area contributed by atoms with Gasteiger partial charge in [0.05, 0.1) is 11.6 Å². The average molecular weight is 173 g/mol. The molecule has 0 aromatic rings. The topological polar surface area (TPSA) is 79.9 Å². The lowest BCUT2D eigenvalue weighted by Gasteiger charge is -2.22. The van der Waals surface area contributed by atoms with Crippen LogP contribution < -0.4 is 11.2 Å². The quantitative estimate of drug-likeness (QED) is 0.292. The largest absolute Gasteiger partial charge is 0.376 e. The minimum absolute atomic E-state index is 0.0369. The van der Waals surface area contributed by atoms with Gasteiger partial charge in [0.15, 0.2) is 0 Å². The molecule has 70 valence electrons. The van der Waals surface area contributed by atoms with E-state index in [1.807, 2.05) is 19.3 Å². The Morgan fingerprint density at radius 2 is 2.50 bits per heavy atom. The maximum absolute atomic E-state index is 8.45. The van der Waals surface area contributed by atoms with E-state index < -0.39 is 0 Å². The highest BCUT2D eigenvalue weighted by molar-refractivity contribution is 5.77. The maximum atomic E-state index is 8.45. The Kier molecular flexibility index (Phi) is 2.54. The minimum Gasteiger partial charge on any atom is -0.376 e. The Hall–Kier alpha value is -0.810. The molecule has 1 heterocycles. The molecule has 0 aromatic carbocycles. The molecule has 4 N–H and O–H groups in total. The lowest BCUT2D eigenvalue weighted by Crippen LogP contribution is -2.37. The summed E-state index contributed by atoms with van der Waals surface area (Å²) in [4.78, 5) is 4.12. The second-order valence-corrected chi connectivity index (χ2v) is 3.23. The monoisotopic (exact) mass is 173 g/mol. The zero-order valence-corrected chi connectivity index (χ0v) is 7.37. The van der Waals surface area contributed by atoms with Crippen LogP contribution in [0.5, 0.6) is 0 Å². The molecule has 2 unspecified atom stereocenters. The predicted molar refractivity (Wildman–Crippen MR) is 45.0 cm³/mol. The van der Waals surface area contributed by atoms with Crippen molar-refractivity contribution in [1.82, 2.24) is 5.48 Å². The smallest absolute Gasteiger partial charge is 0.213 e. The second kappa shape index (κ2) is 3.28. The molecule has 0 aliphatic carbocycles. The third kappa shape index (κ3) is 1.67. The lowest BCUT2D eigenvalue weighted by molar-refractivity contribution is 0.100. The van der Waals surface area contributed by atoms with E-state index in [2.05, 4.69) is 4.99 Å². The average Bonchev–Trinajstić information content (AvgIpc) is 2.32. The molecule has 0 saturated carbocycles. The standard InChI is InChI=1S/C7H15N3O2/c1-5-7(2,3-4-12-5)9-6(8)10-11/h5,11H,3-4H2,1-2H3,(H3,8,9,10). The summed E-state index contributed by atoms with van der Waals surface area (Å²) in [5.41, 5.74) is 6.84. The van der Waals surface area contributed by atoms with Gasteiger partial charge in [0, 0.05) is 6.61 Å². The molecule has 1 saturated heterocycles. The summed E-state index contributed by atoms with van der Waals surface area (Å²) in [5, 5.41) is 8.45. The fourth-order valence-electron chi connectivity index (χ4n) is 1.27. The molecule has 1 aliphatic rings. The van der Waals surface area contributed by atoms with Crippen molar-refractivity contribution in [2.75, 3.05) is 6.61 Å². The number of guanidine groups is 1. The highest BCUT2D eigenvalue weighted by Crippen LogP contribution is 2.28. The van der Waals surface area contributed by atoms with Crippen molar-refractivity contribution in [2.24, 2.45) is 10.7 Å². The van der Waals surface area contributed by atoms with Crippen LogP contribution >= 0.6 is 0 Å². The van der Waals surface area contributed by atoms with Gasteiger partial charge in [-0.25, -0.2) is 10.5 Å². The van der Waals surface area contributed by atoms with Gasteiger partial charge in [-0.15, -0.1) is 0 Å². The molecule has 1 fully saturated rings. The van der Waals surface area contributed by atoms with Crippen LogP contribution in [0.4, 0.5) is 0 Å². The molecule has 5 nitrogen and oxygen atoms in total. The third-order valence-electron chi connectivity index (χ3n) is 2.34. The van der Waals surface area contributed by atoms with E-state index in [0.717, 1.165) is 6.42 Å². The van der Waals surface area contributed by atoms with Gasteiger partial charge in [-0.05, 0) is 20.3 Å². The van der Waals surface area contributed by atoms with Crippen LogP contribution in [-0.4, -0.2) is 29.4 Å². The first-order valence-corrected chi connectivity index (χ1v) is 3.95. The second-order valence-electron chi connectivity index (χ2n) is 3.23. The number of ether oxygens (including phenoxy) is 1. The number of nitrogens with one attached hydrogen (secondary N) is 1. The fraction of sp³-hybridized carbons (Fsp3) is 0.857. The number of hydrogen-bond donors (Lipinski definition) is 3. The van der Waals surface area contributed by atoms with Gasteiger partial charge in [-0.3, -0.25) is 5.21 Å². The SMILES string of the molecule is CC1OCCC1(C)N=C(N)NO. The van der Waals surface area contributed by atoms with E-state index in [1.165, 1.54) is 0 Å². The van der Waals surface area contributed by atoms with Crippen LogP contribution in [-0.2, 0) is 4.74 Å². The summed E-state index contributed by atoms with van der Waals surface area (Å²) in [6, 6.07) is 0. The molecule has 5 heteroatoms. The number of aliphatic imine (C=N–C) groups is 1. The number of rotatable bonds is 1. The molecule has 0 bridgehead atoms. The molecule has 1 aliphatic heterocycles. The van der Waals surface area contributed by atoms with E-state index in [4.69, 9.17) is 15.7 Å². The highest BCUT2D eigenvalue weighted by atomic mass is 16.5. The molecule has 0 spiro atoms. The van der Waals surface area contributed by atoms with Gasteiger partial charge in [-0.2, -0.15) is 0 Å². The van der Waals surface area contributed by atoms with Crippen molar-refractivity contribution in [2.45, 2.75) is 31.9 Å². The van der Waals surface area contributed by atoms with E-state index >= 15 is 0 Å². The molecule has 1 rings (SSSR count). The Bertz CT molecular complexity index is 195. The van der Waals surface area contributed by atoms with Crippen molar-refractivity contribution in [3.63, 3.8) is 0 Å². The van der Waals surface area contributed by atoms with Crippen molar-refractivity contribution >= 4 is 5.96 Å². The van der Waals surface area contributed by atoms with Crippen LogP contribution in [0.3, 0.4) is 0 Å². The van der Waals surface area contributed by atoms with Gasteiger partial charge >= 0.3 is 0 Å². The van der Waals surface area contributed by atoms with Gasteiger partial charge in [0.2, 0.25) is 5.96 Å². The first-order chi connectivity index (χ1) is 5.58. The van der Waals surface area contributed by atoms with Crippen molar-refractivity contribution in [3.8, 4) is 0 Å². The van der Waals surface area contributed by atoms with Crippen LogP contribution in [0.2, 0.25) is 0 Å². The summed E-state index contributed by atoms with van der Waals surface area (Å²) in [6.45, 7) is 4.59. The lowest BCUT2D eigenvalue weighted by atomic mass is 9.96. The summed E-state index contributed by atoms with van der Waals surface area (Å²) in [7, 11) is 0. The van der Waals surface area contributed by atoms with Crippen molar-refractivity contribution < 1.29 is 9.94 Å². The van der Waals surface area contributed by atoms with Gasteiger partial charge in [0.1, 0.15) is 0 Å². The zero-order valence-electron chi connectivity index (χ0n) is 7.37. The molecule has 12 heavy (non-hydrogen) atoms. The van der Waals surface area contributed by atoms with E-state index in [-0.39, 0.29) is 17.6 Å². The number of nitrogens with zero attached hydrogens (tertiary/aromatic N) is 1. The number of hydrogen-bond acceptors (Lipinski definition) is 3. The Balaban J connectivity index is 2.71. The number of nitrogens with two attached hydrogens (primary N) is 1. The number of hydroxylamine groups is 1. The molecule has 0 aromatic heterocycles. The molecule has 0 radical (unpaired) electrons. The van der Waals surface area contributed by atoms with Crippen LogP contribution in [0.25, 0.3) is 0 Å². The first kappa shape index (κ1) is 9.28. The van der Waals surface area contributed by atoms with E-state index in [9.17, 15) is 0 Å². The highest BCUT2D eigenvalue weighted by Gasteiger charge is 2.36. The normalized spacial score (nSPS) is 36.9. The summed E-state index contributed by atoms with van der Waals surface area (Å²) < 4.78 is 5.34. The first-order valence-electron chi connectivity index (χ1n) is 3.95. The van der Waals surface area contributed by atoms with E-state index in [1.54, 1.807) is 0 Å². The Labute approximate surface area is 71.6 Å². The minimum atomic E-state index is -0.306. The van der Waals surface area contributed by atoms with Crippen LogP contribution in [0.15, 0.2) is 4.99 Å². The summed E-state index contributed by atoms with van der Waals surface area (Å²) in [6.07, 6.45) is 0.876. The Morgan fingerprint density at radius 1 is 1.83 bits per heavy atom. The van der Waals surface area contributed by atoms with Gasteiger partial charge < -0.3 is 10.5 Å². The molecule has 2 atom stereocenters. The zero-order chi connectivity index (χ0) is 9.19. The van der Waals surface area contributed by atoms with Gasteiger partial charge in [-0.1, -0.05) is 0 Å².